The second kappa shape index (κ2) is 8.00. The number of aromatic nitrogens is 3. The number of hydrogen-bond donors (Lipinski definition) is 2. The Hall–Kier alpha value is -1.28. The van der Waals surface area contributed by atoms with Crippen molar-refractivity contribution in [3.05, 3.63) is 10.5 Å². The van der Waals surface area contributed by atoms with E-state index in [4.69, 9.17) is 4.74 Å². The molecule has 0 saturated carbocycles. The van der Waals surface area contributed by atoms with E-state index in [-0.39, 0.29) is 11.7 Å². The normalized spacial score (nSPS) is 12.4. The highest BCUT2D eigenvalue weighted by atomic mass is 32.2. The molecule has 1 aromatic heterocycles. The summed E-state index contributed by atoms with van der Waals surface area (Å²) in [5.74, 6) is 0.165. The molecule has 0 amide bonds. The van der Waals surface area contributed by atoms with Crippen LogP contribution in [0, 0.1) is 0 Å². The number of rotatable bonds is 8. The van der Waals surface area contributed by atoms with E-state index in [1.54, 1.807) is 0 Å². The van der Waals surface area contributed by atoms with Crippen LogP contribution in [-0.4, -0.2) is 46.2 Å². The first-order chi connectivity index (χ1) is 9.13. The zero-order valence-electron chi connectivity index (χ0n) is 11.4. The fourth-order valence-corrected chi connectivity index (χ4v) is 2.57. The van der Waals surface area contributed by atoms with Crippen molar-refractivity contribution in [2.45, 2.75) is 38.0 Å². The van der Waals surface area contributed by atoms with Crippen LogP contribution in [-0.2, 0) is 16.1 Å². The largest absolute Gasteiger partial charge is 0.468 e. The molecule has 1 unspecified atom stereocenters. The van der Waals surface area contributed by atoms with E-state index in [0.717, 1.165) is 13.0 Å². The van der Waals surface area contributed by atoms with E-state index in [1.165, 1.54) is 23.4 Å². The van der Waals surface area contributed by atoms with Gasteiger partial charge in [0.2, 0.25) is 0 Å². The summed E-state index contributed by atoms with van der Waals surface area (Å²) < 4.78 is 6.27. The highest BCUT2D eigenvalue weighted by Gasteiger charge is 2.20. The number of nitrogens with one attached hydrogen (secondary N) is 2. The lowest BCUT2D eigenvalue weighted by atomic mass is 10.3. The summed E-state index contributed by atoms with van der Waals surface area (Å²) in [6.45, 7) is 5.18. The predicted octanol–water partition coefficient (Wildman–Crippen LogP) is 0.225. The smallest absolute Gasteiger partial charge is 0.343 e. The van der Waals surface area contributed by atoms with E-state index in [0.29, 0.717) is 17.5 Å². The summed E-state index contributed by atoms with van der Waals surface area (Å²) in [6, 6.07) is -0.396. The molecule has 0 fully saturated rings. The molecular weight excluding hydrogens is 268 g/mol. The topological polar surface area (TPSA) is 89.0 Å². The van der Waals surface area contributed by atoms with Gasteiger partial charge in [0.25, 0.3) is 0 Å². The Morgan fingerprint density at radius 3 is 2.89 bits per heavy atom. The number of thioether (sulfide) groups is 1. The maximum atomic E-state index is 11.6. The van der Waals surface area contributed by atoms with Crippen molar-refractivity contribution in [1.82, 2.24) is 20.1 Å². The van der Waals surface area contributed by atoms with E-state index < -0.39 is 6.04 Å². The summed E-state index contributed by atoms with van der Waals surface area (Å²) in [5.41, 5.74) is -0.235. The second-order valence-corrected chi connectivity index (χ2v) is 4.88. The van der Waals surface area contributed by atoms with Crippen LogP contribution in [0.5, 0.6) is 0 Å². The van der Waals surface area contributed by atoms with Gasteiger partial charge in [-0.1, -0.05) is 18.7 Å². The van der Waals surface area contributed by atoms with Crippen molar-refractivity contribution in [3.63, 3.8) is 0 Å². The number of esters is 1. The van der Waals surface area contributed by atoms with Gasteiger partial charge < -0.3 is 10.1 Å². The van der Waals surface area contributed by atoms with Gasteiger partial charge in [-0.25, -0.2) is 9.89 Å². The first-order valence-corrected chi connectivity index (χ1v) is 7.21. The summed E-state index contributed by atoms with van der Waals surface area (Å²) >= 11 is 1.35. The molecule has 8 heteroatoms. The van der Waals surface area contributed by atoms with Crippen LogP contribution in [0.15, 0.2) is 9.95 Å². The molecular formula is C11H20N4O3S. The van der Waals surface area contributed by atoms with Gasteiger partial charge in [0.1, 0.15) is 6.04 Å². The van der Waals surface area contributed by atoms with Crippen LogP contribution in [0.25, 0.3) is 0 Å². The Morgan fingerprint density at radius 1 is 1.58 bits per heavy atom. The number of H-pyrrole nitrogens is 1. The third-order valence-corrected chi connectivity index (χ3v) is 3.61. The molecule has 1 atom stereocenters. The molecule has 1 rings (SSSR count). The third kappa shape index (κ3) is 4.39. The summed E-state index contributed by atoms with van der Waals surface area (Å²) in [7, 11) is 1.37. The SMILES string of the molecule is CCCNC(CSc1n[nH]c(=O)n1CC)C(=O)OC. The molecule has 2 N–H and O–H groups in total. The molecule has 108 valence electrons. The van der Waals surface area contributed by atoms with E-state index >= 15 is 0 Å². The summed E-state index contributed by atoms with van der Waals surface area (Å²) in [5, 5.41) is 10.0. The Bertz CT molecular complexity index is 457. The van der Waals surface area contributed by atoms with Crippen molar-refractivity contribution in [2.24, 2.45) is 0 Å². The number of nitrogens with zero attached hydrogens (tertiary/aromatic N) is 2. The van der Waals surface area contributed by atoms with Gasteiger partial charge >= 0.3 is 11.7 Å². The van der Waals surface area contributed by atoms with Gasteiger partial charge in [-0.2, -0.15) is 0 Å². The molecule has 0 aromatic carbocycles. The minimum Gasteiger partial charge on any atom is -0.468 e. The Balaban J connectivity index is 2.64. The molecule has 19 heavy (non-hydrogen) atoms. The van der Waals surface area contributed by atoms with Crippen LogP contribution >= 0.6 is 11.8 Å². The van der Waals surface area contributed by atoms with Gasteiger partial charge in [-0.3, -0.25) is 9.36 Å². The number of ether oxygens (including phenoxy) is 1. The number of carbonyl (C=O) groups excluding carboxylic acids is 1. The molecule has 0 spiro atoms. The standard InChI is InChI=1S/C11H20N4O3S/c1-4-6-12-8(9(16)18-3)7-19-11-14-13-10(17)15(11)5-2/h8,12H,4-7H2,1-3H3,(H,13,17). The van der Waals surface area contributed by atoms with Crippen molar-refractivity contribution >= 4 is 17.7 Å². The zero-order valence-corrected chi connectivity index (χ0v) is 12.2. The number of carbonyl (C=O) groups is 1. The summed E-state index contributed by atoms with van der Waals surface area (Å²) in [4.78, 5) is 23.0. The van der Waals surface area contributed by atoms with Gasteiger partial charge in [0, 0.05) is 12.3 Å². The monoisotopic (exact) mass is 288 g/mol. The van der Waals surface area contributed by atoms with E-state index in [9.17, 15) is 9.59 Å². The quantitative estimate of drug-likeness (QED) is 0.525. The highest BCUT2D eigenvalue weighted by molar-refractivity contribution is 7.99. The van der Waals surface area contributed by atoms with Gasteiger partial charge in [-0.05, 0) is 19.9 Å². The lowest BCUT2D eigenvalue weighted by Gasteiger charge is -2.15. The minimum absolute atomic E-state index is 0.235. The van der Waals surface area contributed by atoms with Crippen molar-refractivity contribution in [1.29, 1.82) is 0 Å². The Morgan fingerprint density at radius 2 is 2.32 bits per heavy atom. The Labute approximate surface area is 116 Å². The second-order valence-electron chi connectivity index (χ2n) is 3.90. The fourth-order valence-electron chi connectivity index (χ4n) is 1.52. The van der Waals surface area contributed by atoms with Crippen molar-refractivity contribution in [2.75, 3.05) is 19.4 Å². The van der Waals surface area contributed by atoms with Crippen LogP contribution in [0.3, 0.4) is 0 Å². The van der Waals surface area contributed by atoms with Crippen LogP contribution in [0.2, 0.25) is 0 Å². The number of hydrogen-bond acceptors (Lipinski definition) is 6. The van der Waals surface area contributed by atoms with Gasteiger partial charge in [0.05, 0.1) is 7.11 Å². The maximum absolute atomic E-state index is 11.6. The summed E-state index contributed by atoms with van der Waals surface area (Å²) in [6.07, 6.45) is 0.931. The molecule has 0 aliphatic heterocycles. The molecule has 7 nitrogen and oxygen atoms in total. The molecule has 0 radical (unpaired) electrons. The van der Waals surface area contributed by atoms with Crippen molar-refractivity contribution in [3.8, 4) is 0 Å². The Kier molecular flexibility index (Phi) is 6.65. The molecule has 0 aliphatic rings. The molecule has 0 bridgehead atoms. The maximum Gasteiger partial charge on any atom is 0.343 e. The average molecular weight is 288 g/mol. The number of aromatic amines is 1. The van der Waals surface area contributed by atoms with Gasteiger partial charge in [0.15, 0.2) is 5.16 Å². The lowest BCUT2D eigenvalue weighted by Crippen LogP contribution is -2.40. The molecule has 0 aliphatic carbocycles. The predicted molar refractivity (Wildman–Crippen MR) is 73.3 cm³/mol. The minimum atomic E-state index is -0.396. The number of methoxy groups -OCH3 is 1. The van der Waals surface area contributed by atoms with Gasteiger partial charge in [-0.15, -0.1) is 5.10 Å². The van der Waals surface area contributed by atoms with Crippen LogP contribution in [0.1, 0.15) is 20.3 Å². The molecule has 0 saturated heterocycles. The first-order valence-electron chi connectivity index (χ1n) is 6.23. The fraction of sp³-hybridized carbons (Fsp3) is 0.727. The highest BCUT2D eigenvalue weighted by Crippen LogP contribution is 2.14. The van der Waals surface area contributed by atoms with Crippen LogP contribution < -0.4 is 11.0 Å². The molecule has 1 heterocycles. The lowest BCUT2D eigenvalue weighted by molar-refractivity contribution is -0.142. The van der Waals surface area contributed by atoms with Crippen molar-refractivity contribution < 1.29 is 9.53 Å². The zero-order chi connectivity index (χ0) is 14.3. The van der Waals surface area contributed by atoms with E-state index in [1.807, 2.05) is 13.8 Å². The van der Waals surface area contributed by atoms with E-state index in [2.05, 4.69) is 15.5 Å². The average Bonchev–Trinajstić information content (AvgIpc) is 2.78. The third-order valence-electron chi connectivity index (χ3n) is 2.55. The van der Waals surface area contributed by atoms with Crippen LogP contribution in [0.4, 0.5) is 0 Å². The first kappa shape index (κ1) is 15.8. The molecule has 1 aromatic rings.